The first-order valence-electron chi connectivity index (χ1n) is 8.20. The molecule has 1 fully saturated rings. The zero-order valence-electron chi connectivity index (χ0n) is 13.2. The summed E-state index contributed by atoms with van der Waals surface area (Å²) in [6.07, 6.45) is 3.30. The molecule has 0 spiro atoms. The third-order valence-electron chi connectivity index (χ3n) is 4.83. The lowest BCUT2D eigenvalue weighted by Gasteiger charge is -2.36. The van der Waals surface area contributed by atoms with E-state index in [1.165, 1.54) is 17.2 Å². The zero-order valence-corrected chi connectivity index (χ0v) is 13.2. The highest BCUT2D eigenvalue weighted by atomic mass is 16.2. The molecule has 2 atom stereocenters. The van der Waals surface area contributed by atoms with Crippen LogP contribution >= 0.6 is 0 Å². The Hall–Kier alpha value is -1.87. The number of hydrogen-bond donors (Lipinski definition) is 1. The quantitative estimate of drug-likeness (QED) is 0.944. The zero-order chi connectivity index (χ0) is 15.5. The number of rotatable bonds is 3. The maximum Gasteiger partial charge on any atom is 0.230 e. The molecule has 1 saturated heterocycles. The number of piperidine rings is 1. The van der Waals surface area contributed by atoms with Gasteiger partial charge in [-0.05, 0) is 42.5 Å². The first-order chi connectivity index (χ1) is 10.7. The second-order valence-electron chi connectivity index (χ2n) is 6.25. The van der Waals surface area contributed by atoms with Crippen molar-refractivity contribution < 1.29 is 4.79 Å². The number of carbonyl (C=O) groups excluding carboxylic acids is 1. The van der Waals surface area contributed by atoms with Crippen LogP contribution in [0.25, 0.3) is 10.8 Å². The van der Waals surface area contributed by atoms with E-state index in [1.807, 2.05) is 24.0 Å². The third kappa shape index (κ3) is 2.86. The molecule has 0 aliphatic carbocycles. The van der Waals surface area contributed by atoms with Gasteiger partial charge < -0.3 is 10.6 Å². The van der Waals surface area contributed by atoms with E-state index >= 15 is 0 Å². The van der Waals surface area contributed by atoms with Crippen molar-refractivity contribution in [1.82, 2.24) is 4.90 Å². The molecule has 1 heterocycles. The number of hydrogen-bond acceptors (Lipinski definition) is 2. The minimum atomic E-state index is -0.114. The molecule has 3 heteroatoms. The van der Waals surface area contributed by atoms with E-state index in [2.05, 4.69) is 30.3 Å². The number of nitrogens with zero attached hydrogens (tertiary/aromatic N) is 1. The molecule has 3 rings (SSSR count). The molecule has 0 saturated carbocycles. The second-order valence-corrected chi connectivity index (χ2v) is 6.25. The lowest BCUT2D eigenvalue weighted by Crippen LogP contribution is -2.48. The van der Waals surface area contributed by atoms with Crippen LogP contribution in [-0.4, -0.2) is 29.9 Å². The van der Waals surface area contributed by atoms with Gasteiger partial charge in [-0.25, -0.2) is 0 Å². The largest absolute Gasteiger partial charge is 0.338 e. The van der Waals surface area contributed by atoms with Crippen LogP contribution in [0.1, 0.15) is 37.7 Å². The van der Waals surface area contributed by atoms with E-state index in [0.29, 0.717) is 6.54 Å². The predicted octanol–water partition coefficient (Wildman–Crippen LogP) is 3.28. The van der Waals surface area contributed by atoms with E-state index in [-0.39, 0.29) is 17.9 Å². The fraction of sp³-hybridized carbons (Fsp3) is 0.421. The summed E-state index contributed by atoms with van der Waals surface area (Å²) in [6.45, 7) is 3.42. The standard InChI is InChI=1S/C19H24N2O/c1-14(19(22)21-11-5-4-8-18(21)13-20)16-10-9-15-6-2-3-7-17(15)12-16/h2-3,6-7,9-10,12,14,18H,4-5,8,11,13,20H2,1H3. The maximum atomic E-state index is 12.9. The van der Waals surface area contributed by atoms with Crippen LogP contribution in [0.2, 0.25) is 0 Å². The first kappa shape index (κ1) is 15.0. The Morgan fingerprint density at radius 3 is 2.77 bits per heavy atom. The van der Waals surface area contributed by atoms with Crippen LogP contribution in [0.3, 0.4) is 0 Å². The Bertz CT molecular complexity index is 667. The van der Waals surface area contributed by atoms with Gasteiger partial charge in [-0.1, -0.05) is 42.5 Å². The summed E-state index contributed by atoms with van der Waals surface area (Å²) in [7, 11) is 0. The lowest BCUT2D eigenvalue weighted by atomic mass is 9.94. The molecule has 0 aromatic heterocycles. The summed E-state index contributed by atoms with van der Waals surface area (Å²) in [5.41, 5.74) is 6.94. The molecule has 0 radical (unpaired) electrons. The Morgan fingerprint density at radius 2 is 2.00 bits per heavy atom. The highest BCUT2D eigenvalue weighted by molar-refractivity contribution is 5.87. The number of nitrogens with two attached hydrogens (primary N) is 1. The molecular weight excluding hydrogens is 272 g/mol. The predicted molar refractivity (Wildman–Crippen MR) is 90.8 cm³/mol. The minimum absolute atomic E-state index is 0.114. The molecular formula is C19H24N2O. The molecule has 116 valence electrons. The van der Waals surface area contributed by atoms with Gasteiger partial charge in [0.1, 0.15) is 0 Å². The Morgan fingerprint density at radius 1 is 1.23 bits per heavy atom. The molecule has 3 nitrogen and oxygen atoms in total. The third-order valence-corrected chi connectivity index (χ3v) is 4.83. The molecule has 1 aliphatic rings. The SMILES string of the molecule is CC(C(=O)N1CCCCC1CN)c1ccc2ccccc2c1. The van der Waals surface area contributed by atoms with Crippen molar-refractivity contribution in [3.8, 4) is 0 Å². The van der Waals surface area contributed by atoms with Crippen LogP contribution < -0.4 is 5.73 Å². The van der Waals surface area contributed by atoms with E-state index in [9.17, 15) is 4.79 Å². The summed E-state index contributed by atoms with van der Waals surface area (Å²) in [5.74, 6) is 0.0992. The number of likely N-dealkylation sites (tertiary alicyclic amines) is 1. The van der Waals surface area contributed by atoms with Gasteiger partial charge in [0.05, 0.1) is 5.92 Å². The van der Waals surface area contributed by atoms with Gasteiger partial charge in [0.25, 0.3) is 0 Å². The van der Waals surface area contributed by atoms with Crippen LogP contribution in [-0.2, 0) is 4.79 Å². The fourth-order valence-electron chi connectivity index (χ4n) is 3.40. The van der Waals surface area contributed by atoms with E-state index in [0.717, 1.165) is 24.9 Å². The average Bonchev–Trinajstić information content (AvgIpc) is 2.60. The molecule has 2 aromatic rings. The fourth-order valence-corrected chi connectivity index (χ4v) is 3.40. The molecule has 2 aromatic carbocycles. The van der Waals surface area contributed by atoms with Gasteiger partial charge in [-0.15, -0.1) is 0 Å². The number of fused-ring (bicyclic) bond motifs is 1. The topological polar surface area (TPSA) is 46.3 Å². The van der Waals surface area contributed by atoms with E-state index in [1.54, 1.807) is 0 Å². The summed E-state index contributed by atoms with van der Waals surface area (Å²) in [6, 6.07) is 14.8. The van der Waals surface area contributed by atoms with E-state index in [4.69, 9.17) is 5.73 Å². The highest BCUT2D eigenvalue weighted by Gasteiger charge is 2.29. The molecule has 22 heavy (non-hydrogen) atoms. The normalized spacial score (nSPS) is 20.1. The van der Waals surface area contributed by atoms with Crippen molar-refractivity contribution >= 4 is 16.7 Å². The van der Waals surface area contributed by atoms with Gasteiger partial charge in [0.2, 0.25) is 5.91 Å². The maximum absolute atomic E-state index is 12.9. The monoisotopic (exact) mass is 296 g/mol. The summed E-state index contributed by atoms with van der Waals surface area (Å²) in [4.78, 5) is 14.9. The smallest absolute Gasteiger partial charge is 0.230 e. The van der Waals surface area contributed by atoms with Crippen molar-refractivity contribution in [2.45, 2.75) is 38.1 Å². The van der Waals surface area contributed by atoms with Crippen molar-refractivity contribution in [3.05, 3.63) is 48.0 Å². The van der Waals surface area contributed by atoms with Crippen molar-refractivity contribution in [2.24, 2.45) is 5.73 Å². The van der Waals surface area contributed by atoms with Gasteiger partial charge in [-0.2, -0.15) is 0 Å². The van der Waals surface area contributed by atoms with Crippen LogP contribution in [0.15, 0.2) is 42.5 Å². The second kappa shape index (κ2) is 6.49. The van der Waals surface area contributed by atoms with Gasteiger partial charge >= 0.3 is 0 Å². The molecule has 1 aliphatic heterocycles. The van der Waals surface area contributed by atoms with Crippen molar-refractivity contribution in [2.75, 3.05) is 13.1 Å². The summed E-state index contributed by atoms with van der Waals surface area (Å²) >= 11 is 0. The van der Waals surface area contributed by atoms with Crippen molar-refractivity contribution in [1.29, 1.82) is 0 Å². The highest BCUT2D eigenvalue weighted by Crippen LogP contribution is 2.26. The Balaban J connectivity index is 1.84. The lowest BCUT2D eigenvalue weighted by molar-refractivity contribution is -0.135. The summed E-state index contributed by atoms with van der Waals surface area (Å²) in [5, 5.41) is 2.40. The molecule has 2 unspecified atom stereocenters. The molecule has 0 bridgehead atoms. The van der Waals surface area contributed by atoms with Crippen LogP contribution in [0.4, 0.5) is 0 Å². The number of carbonyl (C=O) groups is 1. The molecule has 1 amide bonds. The Labute approximate surface area is 132 Å². The Kier molecular flexibility index (Phi) is 4.44. The minimum Gasteiger partial charge on any atom is -0.338 e. The average molecular weight is 296 g/mol. The molecule has 2 N–H and O–H groups in total. The van der Waals surface area contributed by atoms with Crippen LogP contribution in [0, 0.1) is 0 Å². The summed E-state index contributed by atoms with van der Waals surface area (Å²) < 4.78 is 0. The van der Waals surface area contributed by atoms with Crippen LogP contribution in [0.5, 0.6) is 0 Å². The van der Waals surface area contributed by atoms with Gasteiger partial charge in [0.15, 0.2) is 0 Å². The van der Waals surface area contributed by atoms with Gasteiger partial charge in [0, 0.05) is 19.1 Å². The number of benzene rings is 2. The first-order valence-corrected chi connectivity index (χ1v) is 8.20. The number of amides is 1. The van der Waals surface area contributed by atoms with Crippen molar-refractivity contribution in [3.63, 3.8) is 0 Å². The van der Waals surface area contributed by atoms with E-state index < -0.39 is 0 Å². The van der Waals surface area contributed by atoms with Gasteiger partial charge in [-0.3, -0.25) is 4.79 Å².